The first-order chi connectivity index (χ1) is 10.8. The van der Waals surface area contributed by atoms with Gasteiger partial charge < -0.3 is 25.2 Å². The zero-order valence-corrected chi connectivity index (χ0v) is 14.7. The van der Waals surface area contributed by atoms with E-state index in [1.54, 1.807) is 7.11 Å². The summed E-state index contributed by atoms with van der Waals surface area (Å²) in [6.45, 7) is 14.9. The Morgan fingerprint density at radius 1 is 1.05 bits per heavy atom. The molecule has 1 saturated heterocycles. The number of unbranched alkanes of at least 4 members (excludes halogenated alkanes) is 1. The maximum atomic E-state index is 5.04. The molecule has 0 aromatic carbocycles. The first kappa shape index (κ1) is 19.2. The molecule has 1 heterocycles. The zero-order chi connectivity index (χ0) is 16.0. The van der Waals surface area contributed by atoms with Crippen molar-refractivity contribution in [3.8, 4) is 0 Å². The highest BCUT2D eigenvalue weighted by Gasteiger charge is 2.14. The van der Waals surface area contributed by atoms with Crippen LogP contribution in [0.1, 0.15) is 26.7 Å². The number of nitrogens with one attached hydrogen (secondary N) is 2. The van der Waals surface area contributed by atoms with E-state index in [1.807, 2.05) is 0 Å². The van der Waals surface area contributed by atoms with Crippen molar-refractivity contribution in [3.63, 3.8) is 0 Å². The van der Waals surface area contributed by atoms with Crippen molar-refractivity contribution >= 4 is 5.96 Å². The van der Waals surface area contributed by atoms with E-state index in [1.165, 1.54) is 45.7 Å². The molecule has 0 saturated carbocycles. The van der Waals surface area contributed by atoms with Gasteiger partial charge in [-0.05, 0) is 32.9 Å². The Balaban J connectivity index is 2.10. The van der Waals surface area contributed by atoms with Crippen LogP contribution in [0.15, 0.2) is 4.99 Å². The molecule has 1 fully saturated rings. The lowest BCUT2D eigenvalue weighted by Gasteiger charge is -2.33. The van der Waals surface area contributed by atoms with Gasteiger partial charge in [-0.25, -0.2) is 0 Å². The third-order valence-electron chi connectivity index (χ3n) is 4.01. The molecule has 0 aromatic rings. The third-order valence-corrected chi connectivity index (χ3v) is 4.01. The summed E-state index contributed by atoms with van der Waals surface area (Å²) in [6, 6.07) is 0. The summed E-state index contributed by atoms with van der Waals surface area (Å²) in [7, 11) is 1.71. The molecule has 0 radical (unpaired) electrons. The SMILES string of the molecule is CCNC(=NCCCCN1CCN(CC)CC1)NCCOC. The molecule has 0 unspecified atom stereocenters. The Bertz CT molecular complexity index is 290. The topological polar surface area (TPSA) is 52.1 Å². The van der Waals surface area contributed by atoms with Crippen molar-refractivity contribution in [3.05, 3.63) is 0 Å². The molecule has 130 valence electrons. The Hall–Kier alpha value is -0.850. The van der Waals surface area contributed by atoms with Gasteiger partial charge in [0.2, 0.25) is 0 Å². The number of methoxy groups -OCH3 is 1. The summed E-state index contributed by atoms with van der Waals surface area (Å²) in [5.41, 5.74) is 0. The predicted molar refractivity (Wildman–Crippen MR) is 93.6 cm³/mol. The fourth-order valence-corrected chi connectivity index (χ4v) is 2.58. The number of rotatable bonds is 10. The van der Waals surface area contributed by atoms with Gasteiger partial charge in [0.25, 0.3) is 0 Å². The second-order valence-electron chi connectivity index (χ2n) is 5.66. The monoisotopic (exact) mass is 313 g/mol. The largest absolute Gasteiger partial charge is 0.383 e. The highest BCUT2D eigenvalue weighted by atomic mass is 16.5. The molecule has 0 atom stereocenters. The van der Waals surface area contributed by atoms with Gasteiger partial charge >= 0.3 is 0 Å². The molecule has 0 bridgehead atoms. The molecule has 0 aromatic heterocycles. The molecule has 6 heteroatoms. The normalized spacial score (nSPS) is 17.7. The molecule has 1 rings (SSSR count). The first-order valence-corrected chi connectivity index (χ1v) is 8.76. The average Bonchev–Trinajstić information content (AvgIpc) is 2.55. The zero-order valence-electron chi connectivity index (χ0n) is 14.7. The summed E-state index contributed by atoms with van der Waals surface area (Å²) in [6.07, 6.45) is 2.38. The molecule has 6 nitrogen and oxygen atoms in total. The van der Waals surface area contributed by atoms with Gasteiger partial charge in [-0.3, -0.25) is 4.99 Å². The van der Waals surface area contributed by atoms with Gasteiger partial charge in [0.05, 0.1) is 6.61 Å². The highest BCUT2D eigenvalue weighted by molar-refractivity contribution is 5.79. The lowest BCUT2D eigenvalue weighted by atomic mass is 10.2. The number of hydrogen-bond acceptors (Lipinski definition) is 4. The summed E-state index contributed by atoms with van der Waals surface area (Å²) in [5.74, 6) is 0.899. The van der Waals surface area contributed by atoms with Crippen LogP contribution in [-0.2, 0) is 4.74 Å². The Morgan fingerprint density at radius 3 is 2.41 bits per heavy atom. The Kier molecular flexibility index (Phi) is 11.1. The predicted octanol–water partition coefficient (Wildman–Crippen LogP) is 0.606. The van der Waals surface area contributed by atoms with Crippen molar-refractivity contribution in [1.82, 2.24) is 20.4 Å². The molecular weight excluding hydrogens is 278 g/mol. The summed E-state index contributed by atoms with van der Waals surface area (Å²) in [4.78, 5) is 9.71. The number of aliphatic imine (C=N–C) groups is 1. The standard InChI is InChI=1S/C16H35N5O/c1-4-17-16(19-9-15-22-3)18-8-6-7-10-21-13-11-20(5-2)12-14-21/h4-15H2,1-3H3,(H2,17,18,19). The molecule has 1 aliphatic rings. The van der Waals surface area contributed by atoms with Gasteiger partial charge in [-0.2, -0.15) is 0 Å². The maximum absolute atomic E-state index is 5.04. The Morgan fingerprint density at radius 2 is 1.77 bits per heavy atom. The number of likely N-dealkylation sites (N-methyl/N-ethyl adjacent to an activating group) is 1. The van der Waals surface area contributed by atoms with Gasteiger partial charge in [0.1, 0.15) is 0 Å². The first-order valence-electron chi connectivity index (χ1n) is 8.76. The lowest BCUT2D eigenvalue weighted by Crippen LogP contribution is -2.46. The van der Waals surface area contributed by atoms with E-state index < -0.39 is 0 Å². The van der Waals surface area contributed by atoms with Crippen molar-refractivity contribution in [1.29, 1.82) is 0 Å². The highest BCUT2D eigenvalue weighted by Crippen LogP contribution is 2.03. The van der Waals surface area contributed by atoms with Crippen LogP contribution in [0.4, 0.5) is 0 Å². The van der Waals surface area contributed by atoms with Gasteiger partial charge in [-0.15, -0.1) is 0 Å². The Labute approximate surface area is 136 Å². The van der Waals surface area contributed by atoms with E-state index in [9.17, 15) is 0 Å². The fourth-order valence-electron chi connectivity index (χ4n) is 2.58. The van der Waals surface area contributed by atoms with Crippen LogP contribution in [0.2, 0.25) is 0 Å². The van der Waals surface area contributed by atoms with Crippen molar-refractivity contribution in [2.24, 2.45) is 4.99 Å². The molecule has 0 aliphatic carbocycles. The van der Waals surface area contributed by atoms with Crippen LogP contribution in [0.3, 0.4) is 0 Å². The number of nitrogens with zero attached hydrogens (tertiary/aromatic N) is 3. The number of hydrogen-bond donors (Lipinski definition) is 2. The fraction of sp³-hybridized carbons (Fsp3) is 0.938. The minimum atomic E-state index is 0.703. The van der Waals surface area contributed by atoms with Gasteiger partial charge in [0, 0.05) is 52.9 Å². The molecule has 22 heavy (non-hydrogen) atoms. The quantitative estimate of drug-likeness (QED) is 0.351. The van der Waals surface area contributed by atoms with Crippen LogP contribution < -0.4 is 10.6 Å². The van der Waals surface area contributed by atoms with E-state index in [0.29, 0.717) is 6.61 Å². The van der Waals surface area contributed by atoms with E-state index in [-0.39, 0.29) is 0 Å². The number of guanidine groups is 1. The van der Waals surface area contributed by atoms with E-state index in [4.69, 9.17) is 4.74 Å². The summed E-state index contributed by atoms with van der Waals surface area (Å²) < 4.78 is 5.04. The number of ether oxygens (including phenoxy) is 1. The van der Waals surface area contributed by atoms with Crippen LogP contribution in [0.5, 0.6) is 0 Å². The third kappa shape index (κ3) is 8.56. The minimum absolute atomic E-state index is 0.703. The van der Waals surface area contributed by atoms with E-state index in [2.05, 4.69) is 39.3 Å². The van der Waals surface area contributed by atoms with Gasteiger partial charge in [0.15, 0.2) is 5.96 Å². The minimum Gasteiger partial charge on any atom is -0.383 e. The average molecular weight is 313 g/mol. The van der Waals surface area contributed by atoms with E-state index >= 15 is 0 Å². The molecular formula is C16H35N5O. The van der Waals surface area contributed by atoms with Crippen molar-refractivity contribution in [2.45, 2.75) is 26.7 Å². The number of piperazine rings is 1. The van der Waals surface area contributed by atoms with Crippen LogP contribution in [-0.4, -0.2) is 88.4 Å². The van der Waals surface area contributed by atoms with Crippen molar-refractivity contribution in [2.75, 3.05) is 72.6 Å². The van der Waals surface area contributed by atoms with E-state index in [0.717, 1.165) is 32.0 Å². The maximum Gasteiger partial charge on any atom is 0.191 e. The second kappa shape index (κ2) is 12.7. The van der Waals surface area contributed by atoms with Crippen LogP contribution in [0.25, 0.3) is 0 Å². The second-order valence-corrected chi connectivity index (χ2v) is 5.66. The lowest BCUT2D eigenvalue weighted by molar-refractivity contribution is 0.136. The molecule has 2 N–H and O–H groups in total. The molecule has 0 amide bonds. The summed E-state index contributed by atoms with van der Waals surface area (Å²) >= 11 is 0. The van der Waals surface area contributed by atoms with Crippen LogP contribution in [0, 0.1) is 0 Å². The smallest absolute Gasteiger partial charge is 0.191 e. The van der Waals surface area contributed by atoms with Gasteiger partial charge in [-0.1, -0.05) is 6.92 Å². The van der Waals surface area contributed by atoms with Crippen LogP contribution >= 0.6 is 0 Å². The summed E-state index contributed by atoms with van der Waals surface area (Å²) in [5, 5.41) is 6.53. The molecule has 1 aliphatic heterocycles. The van der Waals surface area contributed by atoms with Crippen molar-refractivity contribution < 1.29 is 4.74 Å². The molecule has 0 spiro atoms.